The molecule has 0 spiro atoms. The van der Waals surface area contributed by atoms with Gasteiger partial charge in [0.1, 0.15) is 5.75 Å². The molecule has 88 valence electrons. The predicted molar refractivity (Wildman–Crippen MR) is 67.9 cm³/mol. The maximum absolute atomic E-state index is 10.3. The summed E-state index contributed by atoms with van der Waals surface area (Å²) in [6.45, 7) is 4.03. The van der Waals surface area contributed by atoms with E-state index in [1.165, 1.54) is 0 Å². The van der Waals surface area contributed by atoms with Crippen LogP contribution in [0.1, 0.15) is 35.6 Å². The van der Waals surface area contributed by atoms with E-state index in [0.717, 1.165) is 39.8 Å². The van der Waals surface area contributed by atoms with Crippen molar-refractivity contribution < 1.29 is 9.84 Å². The van der Waals surface area contributed by atoms with Gasteiger partial charge < -0.3 is 9.84 Å². The second-order valence-electron chi connectivity index (χ2n) is 4.53. The largest absolute Gasteiger partial charge is 0.496 e. The summed E-state index contributed by atoms with van der Waals surface area (Å²) in [5, 5.41) is 10.3. The SMILES string of the molecule is COc1c(C)cc(Br)c(C)c1C(O)C1CC1. The summed E-state index contributed by atoms with van der Waals surface area (Å²) < 4.78 is 6.47. The lowest BCUT2D eigenvalue weighted by atomic mass is 9.96. The maximum Gasteiger partial charge on any atom is 0.127 e. The number of aliphatic hydroxyl groups excluding tert-OH is 1. The molecule has 2 rings (SSSR count). The van der Waals surface area contributed by atoms with Gasteiger partial charge in [0, 0.05) is 10.0 Å². The van der Waals surface area contributed by atoms with E-state index in [2.05, 4.69) is 15.9 Å². The van der Waals surface area contributed by atoms with E-state index in [1.807, 2.05) is 19.9 Å². The second-order valence-corrected chi connectivity index (χ2v) is 5.38. The van der Waals surface area contributed by atoms with E-state index >= 15 is 0 Å². The number of ether oxygens (including phenoxy) is 1. The van der Waals surface area contributed by atoms with Crippen LogP contribution in [0.5, 0.6) is 5.75 Å². The topological polar surface area (TPSA) is 29.5 Å². The number of aliphatic hydroxyl groups is 1. The van der Waals surface area contributed by atoms with Crippen molar-refractivity contribution in [3.05, 3.63) is 27.2 Å². The Morgan fingerprint density at radius 2 is 2.06 bits per heavy atom. The number of rotatable bonds is 3. The molecular weight excluding hydrogens is 268 g/mol. The Labute approximate surface area is 105 Å². The number of hydrogen-bond acceptors (Lipinski definition) is 2. The Hall–Kier alpha value is -0.540. The third-order valence-corrected chi connectivity index (χ3v) is 4.10. The third kappa shape index (κ3) is 1.98. The van der Waals surface area contributed by atoms with Gasteiger partial charge in [-0.3, -0.25) is 0 Å². The molecule has 1 fully saturated rings. The molecule has 0 bridgehead atoms. The van der Waals surface area contributed by atoms with Crippen molar-refractivity contribution in [3.8, 4) is 5.75 Å². The molecule has 0 radical (unpaired) electrons. The van der Waals surface area contributed by atoms with Gasteiger partial charge in [-0.2, -0.15) is 0 Å². The summed E-state index contributed by atoms with van der Waals surface area (Å²) in [5.41, 5.74) is 3.11. The first-order valence-electron chi connectivity index (χ1n) is 5.58. The van der Waals surface area contributed by atoms with Gasteiger partial charge in [0.15, 0.2) is 0 Å². The molecule has 16 heavy (non-hydrogen) atoms. The van der Waals surface area contributed by atoms with Crippen LogP contribution in [-0.4, -0.2) is 12.2 Å². The number of benzene rings is 1. The fourth-order valence-electron chi connectivity index (χ4n) is 2.15. The van der Waals surface area contributed by atoms with Gasteiger partial charge in [-0.1, -0.05) is 15.9 Å². The van der Waals surface area contributed by atoms with Crippen LogP contribution in [0.3, 0.4) is 0 Å². The van der Waals surface area contributed by atoms with Crippen LogP contribution >= 0.6 is 15.9 Å². The molecule has 0 aliphatic heterocycles. The van der Waals surface area contributed by atoms with Gasteiger partial charge in [-0.25, -0.2) is 0 Å². The van der Waals surface area contributed by atoms with Crippen molar-refractivity contribution in [2.24, 2.45) is 5.92 Å². The highest BCUT2D eigenvalue weighted by atomic mass is 79.9. The Kier molecular flexibility index (Phi) is 3.27. The average Bonchev–Trinajstić information content (AvgIpc) is 3.05. The highest BCUT2D eigenvalue weighted by molar-refractivity contribution is 9.10. The molecule has 1 saturated carbocycles. The average molecular weight is 285 g/mol. The van der Waals surface area contributed by atoms with E-state index in [4.69, 9.17) is 4.74 Å². The molecule has 1 atom stereocenters. The Bertz CT molecular complexity index is 411. The van der Waals surface area contributed by atoms with E-state index in [9.17, 15) is 5.11 Å². The van der Waals surface area contributed by atoms with Crippen LogP contribution in [0.15, 0.2) is 10.5 Å². The smallest absolute Gasteiger partial charge is 0.127 e. The third-order valence-electron chi connectivity index (χ3n) is 3.28. The van der Waals surface area contributed by atoms with E-state index in [0.29, 0.717) is 5.92 Å². The van der Waals surface area contributed by atoms with E-state index in [-0.39, 0.29) is 6.10 Å². The second kappa shape index (κ2) is 4.38. The Morgan fingerprint density at radius 1 is 1.44 bits per heavy atom. The van der Waals surface area contributed by atoms with Crippen molar-refractivity contribution in [1.82, 2.24) is 0 Å². The summed E-state index contributed by atoms with van der Waals surface area (Å²) >= 11 is 3.53. The van der Waals surface area contributed by atoms with Gasteiger partial charge in [0.25, 0.3) is 0 Å². The molecule has 1 aliphatic rings. The van der Waals surface area contributed by atoms with Crippen LogP contribution in [0.2, 0.25) is 0 Å². The lowest BCUT2D eigenvalue weighted by molar-refractivity contribution is 0.149. The minimum Gasteiger partial charge on any atom is -0.496 e. The lowest BCUT2D eigenvalue weighted by Gasteiger charge is -2.20. The molecule has 0 amide bonds. The summed E-state index contributed by atoms with van der Waals surface area (Å²) in [7, 11) is 1.67. The highest BCUT2D eigenvalue weighted by Crippen LogP contribution is 2.46. The molecule has 1 aromatic rings. The molecule has 0 aromatic heterocycles. The lowest BCUT2D eigenvalue weighted by Crippen LogP contribution is -2.07. The summed E-state index contributed by atoms with van der Waals surface area (Å²) in [6, 6.07) is 2.04. The van der Waals surface area contributed by atoms with Crippen LogP contribution in [-0.2, 0) is 0 Å². The van der Waals surface area contributed by atoms with Crippen molar-refractivity contribution in [3.63, 3.8) is 0 Å². The van der Waals surface area contributed by atoms with Crippen molar-refractivity contribution in [1.29, 1.82) is 0 Å². The maximum atomic E-state index is 10.3. The number of hydrogen-bond donors (Lipinski definition) is 1. The van der Waals surface area contributed by atoms with Gasteiger partial charge >= 0.3 is 0 Å². The van der Waals surface area contributed by atoms with Gasteiger partial charge in [0.2, 0.25) is 0 Å². The van der Waals surface area contributed by atoms with E-state index in [1.54, 1.807) is 7.11 Å². The first kappa shape index (κ1) is 11.9. The molecule has 3 heteroatoms. The standard InChI is InChI=1S/C13H17BrO2/c1-7-6-10(14)8(2)11(13(7)16-3)12(15)9-4-5-9/h6,9,12,15H,4-5H2,1-3H3. The molecular formula is C13H17BrO2. The normalized spacial score (nSPS) is 17.3. The van der Waals surface area contributed by atoms with Gasteiger partial charge in [0.05, 0.1) is 13.2 Å². The number of halogens is 1. The predicted octanol–water partition coefficient (Wildman–Crippen LogP) is 3.52. The molecule has 1 unspecified atom stereocenters. The molecule has 0 heterocycles. The summed E-state index contributed by atoms with van der Waals surface area (Å²) in [5.74, 6) is 1.25. The molecule has 2 nitrogen and oxygen atoms in total. The molecule has 1 aliphatic carbocycles. The number of methoxy groups -OCH3 is 1. The zero-order chi connectivity index (χ0) is 11.9. The molecule has 1 N–H and O–H groups in total. The van der Waals surface area contributed by atoms with Crippen LogP contribution in [0, 0.1) is 19.8 Å². The monoisotopic (exact) mass is 284 g/mol. The van der Waals surface area contributed by atoms with Crippen LogP contribution < -0.4 is 4.74 Å². The van der Waals surface area contributed by atoms with Crippen molar-refractivity contribution >= 4 is 15.9 Å². The fourth-order valence-corrected chi connectivity index (χ4v) is 2.71. The zero-order valence-corrected chi connectivity index (χ0v) is 11.5. The van der Waals surface area contributed by atoms with Crippen molar-refractivity contribution in [2.45, 2.75) is 32.8 Å². The number of aryl methyl sites for hydroxylation is 1. The van der Waals surface area contributed by atoms with E-state index < -0.39 is 0 Å². The first-order valence-corrected chi connectivity index (χ1v) is 6.37. The Balaban J connectivity index is 2.54. The molecule has 1 aromatic carbocycles. The summed E-state index contributed by atoms with van der Waals surface area (Å²) in [4.78, 5) is 0. The quantitative estimate of drug-likeness (QED) is 0.920. The van der Waals surface area contributed by atoms with Crippen LogP contribution in [0.25, 0.3) is 0 Å². The minimum atomic E-state index is -0.383. The van der Waals surface area contributed by atoms with Crippen LogP contribution in [0.4, 0.5) is 0 Å². The Morgan fingerprint density at radius 3 is 2.56 bits per heavy atom. The van der Waals surface area contributed by atoms with Gasteiger partial charge in [-0.05, 0) is 49.8 Å². The van der Waals surface area contributed by atoms with Crippen molar-refractivity contribution in [2.75, 3.05) is 7.11 Å². The zero-order valence-electron chi connectivity index (χ0n) is 9.88. The summed E-state index contributed by atoms with van der Waals surface area (Å²) in [6.07, 6.45) is 1.86. The minimum absolute atomic E-state index is 0.383. The first-order chi connectivity index (χ1) is 7.56. The molecule has 0 saturated heterocycles. The van der Waals surface area contributed by atoms with Gasteiger partial charge in [-0.15, -0.1) is 0 Å². The highest BCUT2D eigenvalue weighted by Gasteiger charge is 2.34. The fraction of sp³-hybridized carbons (Fsp3) is 0.538.